The Morgan fingerprint density at radius 3 is 3.14 bits per heavy atom. The zero-order valence-corrected chi connectivity index (χ0v) is 12.5. The van der Waals surface area contributed by atoms with Gasteiger partial charge >= 0.3 is 0 Å². The van der Waals surface area contributed by atoms with Crippen molar-refractivity contribution in [3.05, 3.63) is 30.2 Å². The summed E-state index contributed by atoms with van der Waals surface area (Å²) in [5.41, 5.74) is 1.61. The Hall–Kier alpha value is -1.92. The molecule has 3 rings (SSSR count). The third-order valence-corrected chi connectivity index (χ3v) is 3.85. The normalized spacial score (nSPS) is 19.4. The number of aromatic nitrogens is 1. The minimum Gasteiger partial charge on any atom is -0.441 e. The molecule has 2 heterocycles. The number of β-amino-alcohol motifs (C(OH)–C–C–N with tert-alkyl or cyclic N) is 1. The smallest absolute Gasteiger partial charge is 0.234 e. The number of amides is 1. The van der Waals surface area contributed by atoms with Crippen LogP contribution in [0.15, 0.2) is 28.7 Å². The van der Waals surface area contributed by atoms with E-state index in [-0.39, 0.29) is 12.0 Å². The molecule has 1 aliphatic heterocycles. The number of fused-ring (bicyclic) bond motifs is 1. The first-order chi connectivity index (χ1) is 10.7. The monoisotopic (exact) mass is 303 g/mol. The number of likely N-dealkylation sites (tertiary alicyclic amines) is 1. The van der Waals surface area contributed by atoms with Crippen LogP contribution in [0.2, 0.25) is 0 Å². The maximum absolute atomic E-state index is 11.9. The highest BCUT2D eigenvalue weighted by molar-refractivity contribution is 5.78. The molecule has 1 saturated heterocycles. The molecule has 6 nitrogen and oxygen atoms in total. The first-order valence-electron chi connectivity index (χ1n) is 7.72. The number of aliphatic hydroxyl groups excluding tert-OH is 1. The van der Waals surface area contributed by atoms with Gasteiger partial charge in [-0.15, -0.1) is 0 Å². The van der Waals surface area contributed by atoms with Crippen molar-refractivity contribution >= 4 is 17.0 Å². The number of aliphatic hydroxyl groups is 1. The van der Waals surface area contributed by atoms with Gasteiger partial charge in [0.2, 0.25) is 5.91 Å². The molecular weight excluding hydrogens is 282 g/mol. The molecular formula is C16H21N3O3. The van der Waals surface area contributed by atoms with Crippen molar-refractivity contribution in [2.24, 2.45) is 0 Å². The minimum absolute atomic E-state index is 0.0230. The number of benzene rings is 1. The largest absolute Gasteiger partial charge is 0.441 e. The second-order valence-corrected chi connectivity index (χ2v) is 5.71. The molecule has 0 saturated carbocycles. The van der Waals surface area contributed by atoms with E-state index in [0.29, 0.717) is 31.9 Å². The summed E-state index contributed by atoms with van der Waals surface area (Å²) in [6, 6.07) is 7.62. The Morgan fingerprint density at radius 2 is 2.32 bits per heavy atom. The Labute approximate surface area is 129 Å². The van der Waals surface area contributed by atoms with Gasteiger partial charge in [0.15, 0.2) is 11.5 Å². The number of hydrogen-bond acceptors (Lipinski definition) is 5. The molecule has 118 valence electrons. The van der Waals surface area contributed by atoms with Gasteiger partial charge in [-0.1, -0.05) is 12.1 Å². The van der Waals surface area contributed by atoms with E-state index in [1.165, 1.54) is 0 Å². The standard InChI is InChI=1S/C16H21N3O3/c20-12-4-3-9-19(10-12)11-15(21)17-8-7-16-18-13-5-1-2-6-14(13)22-16/h1-2,5-6,12,20H,3-4,7-11H2,(H,17,21)/t12-/m0/s1. The Morgan fingerprint density at radius 1 is 1.45 bits per heavy atom. The maximum atomic E-state index is 11.9. The molecule has 0 spiro atoms. The fourth-order valence-electron chi connectivity index (χ4n) is 2.77. The summed E-state index contributed by atoms with van der Waals surface area (Å²) in [4.78, 5) is 18.3. The Balaban J connectivity index is 1.43. The lowest BCUT2D eigenvalue weighted by molar-refractivity contribution is -0.122. The van der Waals surface area contributed by atoms with Crippen LogP contribution in [0.4, 0.5) is 0 Å². The van der Waals surface area contributed by atoms with Crippen molar-refractivity contribution in [3.8, 4) is 0 Å². The molecule has 0 bridgehead atoms. The van der Waals surface area contributed by atoms with Gasteiger partial charge in [0, 0.05) is 19.5 Å². The molecule has 1 aromatic heterocycles. The van der Waals surface area contributed by atoms with E-state index < -0.39 is 0 Å². The third kappa shape index (κ3) is 3.84. The number of carbonyl (C=O) groups excluding carboxylic acids is 1. The summed E-state index contributed by atoms with van der Waals surface area (Å²) in [7, 11) is 0. The molecule has 1 atom stereocenters. The average molecular weight is 303 g/mol. The van der Waals surface area contributed by atoms with Crippen molar-refractivity contribution < 1.29 is 14.3 Å². The van der Waals surface area contributed by atoms with Gasteiger partial charge in [-0.2, -0.15) is 0 Å². The number of hydrogen-bond donors (Lipinski definition) is 2. The lowest BCUT2D eigenvalue weighted by Crippen LogP contribution is -2.44. The molecule has 1 fully saturated rings. The van der Waals surface area contributed by atoms with E-state index in [1.54, 1.807) is 0 Å². The van der Waals surface area contributed by atoms with Crippen LogP contribution in [0, 0.1) is 0 Å². The number of nitrogens with one attached hydrogen (secondary N) is 1. The third-order valence-electron chi connectivity index (χ3n) is 3.85. The summed E-state index contributed by atoms with van der Waals surface area (Å²) in [6.45, 7) is 2.29. The lowest BCUT2D eigenvalue weighted by atomic mass is 10.1. The molecule has 1 amide bonds. The van der Waals surface area contributed by atoms with Crippen LogP contribution in [0.25, 0.3) is 11.1 Å². The highest BCUT2D eigenvalue weighted by Crippen LogP contribution is 2.14. The molecule has 0 radical (unpaired) electrons. The number of nitrogens with zero attached hydrogens (tertiary/aromatic N) is 2. The van der Waals surface area contributed by atoms with E-state index in [9.17, 15) is 9.90 Å². The summed E-state index contributed by atoms with van der Waals surface area (Å²) in [6.07, 6.45) is 2.04. The first-order valence-corrected chi connectivity index (χ1v) is 7.72. The van der Waals surface area contributed by atoms with Gasteiger partial charge in [-0.25, -0.2) is 4.98 Å². The fourth-order valence-corrected chi connectivity index (χ4v) is 2.77. The SMILES string of the molecule is O=C(CN1CCC[C@H](O)C1)NCCc1nc2ccccc2o1. The number of rotatable bonds is 5. The van der Waals surface area contributed by atoms with Crippen molar-refractivity contribution in [2.45, 2.75) is 25.4 Å². The zero-order valence-electron chi connectivity index (χ0n) is 12.5. The molecule has 0 unspecified atom stereocenters. The van der Waals surface area contributed by atoms with Gasteiger partial charge in [0.1, 0.15) is 5.52 Å². The zero-order chi connectivity index (χ0) is 15.4. The van der Waals surface area contributed by atoms with Gasteiger partial charge in [-0.05, 0) is 31.5 Å². The second kappa shape index (κ2) is 6.89. The van der Waals surface area contributed by atoms with Gasteiger partial charge in [-0.3, -0.25) is 9.69 Å². The minimum atomic E-state index is -0.304. The molecule has 22 heavy (non-hydrogen) atoms. The van der Waals surface area contributed by atoms with E-state index in [0.717, 1.165) is 30.5 Å². The van der Waals surface area contributed by atoms with Crippen LogP contribution in [-0.4, -0.2) is 53.2 Å². The van der Waals surface area contributed by atoms with Crippen molar-refractivity contribution in [3.63, 3.8) is 0 Å². The predicted octanol–water partition coefficient (Wildman–Crippen LogP) is 0.943. The molecule has 6 heteroatoms. The quantitative estimate of drug-likeness (QED) is 0.859. The van der Waals surface area contributed by atoms with Crippen LogP contribution in [-0.2, 0) is 11.2 Å². The summed E-state index contributed by atoms with van der Waals surface area (Å²) in [5.74, 6) is 0.611. The molecule has 1 aromatic carbocycles. The number of oxazole rings is 1. The van der Waals surface area contributed by atoms with Crippen LogP contribution in [0.1, 0.15) is 18.7 Å². The second-order valence-electron chi connectivity index (χ2n) is 5.71. The topological polar surface area (TPSA) is 78.6 Å². The van der Waals surface area contributed by atoms with Gasteiger partial charge < -0.3 is 14.8 Å². The molecule has 0 aliphatic carbocycles. The van der Waals surface area contributed by atoms with Crippen molar-refractivity contribution in [1.29, 1.82) is 0 Å². The van der Waals surface area contributed by atoms with E-state index in [1.807, 2.05) is 29.2 Å². The summed E-state index contributed by atoms with van der Waals surface area (Å²) >= 11 is 0. The van der Waals surface area contributed by atoms with Crippen LogP contribution >= 0.6 is 0 Å². The molecule has 1 aliphatic rings. The number of carbonyl (C=O) groups is 1. The lowest BCUT2D eigenvalue weighted by Gasteiger charge is -2.29. The van der Waals surface area contributed by atoms with Crippen molar-refractivity contribution in [1.82, 2.24) is 15.2 Å². The van der Waals surface area contributed by atoms with Crippen LogP contribution < -0.4 is 5.32 Å². The highest BCUT2D eigenvalue weighted by Gasteiger charge is 2.19. The Kier molecular flexibility index (Phi) is 4.70. The molecule has 2 N–H and O–H groups in total. The van der Waals surface area contributed by atoms with E-state index >= 15 is 0 Å². The average Bonchev–Trinajstić information content (AvgIpc) is 2.90. The highest BCUT2D eigenvalue weighted by atomic mass is 16.3. The van der Waals surface area contributed by atoms with Crippen molar-refractivity contribution in [2.75, 3.05) is 26.2 Å². The summed E-state index contributed by atoms with van der Waals surface area (Å²) in [5, 5.41) is 12.5. The van der Waals surface area contributed by atoms with Crippen LogP contribution in [0.3, 0.4) is 0 Å². The first kappa shape index (κ1) is 15.0. The number of piperidine rings is 1. The maximum Gasteiger partial charge on any atom is 0.234 e. The fraction of sp³-hybridized carbons (Fsp3) is 0.500. The van der Waals surface area contributed by atoms with E-state index in [2.05, 4.69) is 10.3 Å². The van der Waals surface area contributed by atoms with Gasteiger partial charge in [0.05, 0.1) is 12.6 Å². The van der Waals surface area contributed by atoms with Crippen LogP contribution in [0.5, 0.6) is 0 Å². The predicted molar refractivity (Wildman–Crippen MR) is 82.4 cm³/mol. The molecule has 2 aromatic rings. The van der Waals surface area contributed by atoms with Gasteiger partial charge in [0.25, 0.3) is 0 Å². The Bertz CT molecular complexity index is 607. The summed E-state index contributed by atoms with van der Waals surface area (Å²) < 4.78 is 5.61. The van der Waals surface area contributed by atoms with E-state index in [4.69, 9.17) is 4.42 Å². The number of para-hydroxylation sites is 2.